The molecular weight excluding hydrogens is 624 g/mol. The molecule has 0 unspecified atom stereocenters. The molecule has 4 rings (SSSR count). The van der Waals surface area contributed by atoms with Gasteiger partial charge in [-0.3, -0.25) is 19.2 Å². The van der Waals surface area contributed by atoms with Crippen LogP contribution in [0.4, 0.5) is 8.78 Å². The summed E-state index contributed by atoms with van der Waals surface area (Å²) in [7, 11) is 3.75. The minimum Gasteiger partial charge on any atom is -0.464 e. The second kappa shape index (κ2) is 15.5. The summed E-state index contributed by atoms with van der Waals surface area (Å²) in [6, 6.07) is 8.58. The van der Waals surface area contributed by atoms with Gasteiger partial charge in [0.1, 0.15) is 18.5 Å². The van der Waals surface area contributed by atoms with Crippen LogP contribution in [-0.2, 0) is 14.3 Å². The number of H-pyrrole nitrogens is 1. The normalized spacial score (nSPS) is 16.9. The quantitative estimate of drug-likeness (QED) is 0.246. The molecule has 1 aromatic heterocycles. The second-order valence-electron chi connectivity index (χ2n) is 12.4. The molecule has 48 heavy (non-hydrogen) atoms. The van der Waals surface area contributed by atoms with Gasteiger partial charge < -0.3 is 24.6 Å². The minimum atomic E-state index is -1.09. The molecule has 13 heteroatoms. The molecule has 1 saturated heterocycles. The number of aromatic nitrogens is 2. The molecule has 2 heterocycles. The van der Waals surface area contributed by atoms with Gasteiger partial charge in [-0.1, -0.05) is 26.0 Å². The van der Waals surface area contributed by atoms with Gasteiger partial charge in [0.25, 0.3) is 5.91 Å². The molecule has 1 aliphatic heterocycles. The fourth-order valence-corrected chi connectivity index (χ4v) is 6.28. The van der Waals surface area contributed by atoms with Crippen LogP contribution in [0, 0.1) is 24.0 Å². The van der Waals surface area contributed by atoms with Crippen LogP contribution in [0.2, 0.25) is 0 Å². The molecule has 0 spiro atoms. The number of carbonyl (C=O) groups is 3. The average molecular weight is 668 g/mol. The highest BCUT2D eigenvalue weighted by atomic mass is 19.1. The van der Waals surface area contributed by atoms with Gasteiger partial charge in [-0.2, -0.15) is 5.10 Å². The molecule has 258 valence electrons. The predicted octanol–water partition coefficient (Wildman–Crippen LogP) is 4.91. The lowest BCUT2D eigenvalue weighted by Gasteiger charge is -2.43. The Kier molecular flexibility index (Phi) is 11.7. The number of amides is 2. The van der Waals surface area contributed by atoms with Crippen LogP contribution in [0.5, 0.6) is 11.5 Å². The summed E-state index contributed by atoms with van der Waals surface area (Å²) in [6.07, 6.45) is 1.73. The smallest absolute Gasteiger partial charge is 0.314 e. The number of benzene rings is 2. The Morgan fingerprint density at radius 1 is 1.08 bits per heavy atom. The summed E-state index contributed by atoms with van der Waals surface area (Å²) in [5.41, 5.74) is -0.743. The molecule has 0 aliphatic carbocycles. The van der Waals surface area contributed by atoms with E-state index in [9.17, 15) is 23.6 Å². The van der Waals surface area contributed by atoms with Crippen molar-refractivity contribution in [3.8, 4) is 11.5 Å². The van der Waals surface area contributed by atoms with Crippen molar-refractivity contribution in [1.29, 1.82) is 0 Å². The van der Waals surface area contributed by atoms with Crippen LogP contribution in [0.1, 0.15) is 74.1 Å². The third kappa shape index (κ3) is 7.89. The van der Waals surface area contributed by atoms with E-state index < -0.39 is 58.5 Å². The summed E-state index contributed by atoms with van der Waals surface area (Å²) in [4.78, 5) is 56.8. The van der Waals surface area contributed by atoms with E-state index in [1.165, 1.54) is 37.3 Å². The van der Waals surface area contributed by atoms with Crippen LogP contribution in [0.15, 0.2) is 53.3 Å². The number of aromatic amines is 1. The zero-order valence-corrected chi connectivity index (χ0v) is 28.1. The summed E-state index contributed by atoms with van der Waals surface area (Å²) in [6.45, 7) is 7.63. The van der Waals surface area contributed by atoms with Crippen LogP contribution in [0.25, 0.3) is 0 Å². The van der Waals surface area contributed by atoms with Crippen molar-refractivity contribution in [3.63, 3.8) is 0 Å². The van der Waals surface area contributed by atoms with Crippen molar-refractivity contribution in [2.24, 2.45) is 5.41 Å². The molecule has 2 N–H and O–H groups in total. The highest BCUT2D eigenvalue weighted by Crippen LogP contribution is 2.47. The van der Waals surface area contributed by atoms with E-state index in [1.807, 2.05) is 32.8 Å². The third-order valence-electron chi connectivity index (χ3n) is 8.98. The van der Waals surface area contributed by atoms with E-state index in [4.69, 9.17) is 9.47 Å². The number of carbonyl (C=O) groups excluding carboxylic acids is 3. The molecule has 0 radical (unpaired) electrons. The van der Waals surface area contributed by atoms with Gasteiger partial charge in [0.15, 0.2) is 17.3 Å². The van der Waals surface area contributed by atoms with E-state index in [-0.39, 0.29) is 23.7 Å². The number of hydrogen-bond donors (Lipinski definition) is 2. The zero-order valence-electron chi connectivity index (χ0n) is 28.1. The Morgan fingerprint density at radius 3 is 2.46 bits per heavy atom. The number of nitrogens with one attached hydrogen (secondary N) is 2. The number of aryl methyl sites for hydroxylation is 1. The Labute approximate surface area is 278 Å². The first-order valence-corrected chi connectivity index (χ1v) is 16.1. The second-order valence-corrected chi connectivity index (χ2v) is 12.4. The SMILES string of the molecule is CCC(CC)(C(=O)OCCN(C)C)[C@H]1CC[C@@H](c2cccc(F)c2)N1C(=O)[C@@H](C)NC(=O)c1ccc(Oc2cc(C)n[nH]c2=O)c(F)c1. The predicted molar refractivity (Wildman–Crippen MR) is 175 cm³/mol. The first kappa shape index (κ1) is 36.2. The molecule has 1 fully saturated rings. The van der Waals surface area contributed by atoms with E-state index in [0.29, 0.717) is 43.5 Å². The Bertz CT molecular complexity index is 1690. The number of nitrogens with zero attached hydrogens (tertiary/aromatic N) is 3. The number of ether oxygens (including phenoxy) is 2. The highest BCUT2D eigenvalue weighted by molar-refractivity contribution is 5.98. The van der Waals surface area contributed by atoms with E-state index in [0.717, 1.165) is 6.07 Å². The molecule has 11 nitrogen and oxygen atoms in total. The van der Waals surface area contributed by atoms with Crippen molar-refractivity contribution in [2.45, 2.75) is 71.5 Å². The standard InChI is InChI=1S/C35H43F2N5O6/c1-7-35(8-2,34(46)47-17-16-41(5)6)30-15-13-27(23-10-9-11-25(36)19-23)42(30)33(45)22(4)38-31(43)24-12-14-28(26(37)20-24)48-29-18-21(3)39-40-32(29)44/h9-12,14,18-20,22,27,30H,7-8,13,15-17H2,1-6H3,(H,38,43)(H,40,44)/t22-,27+,30-/m1/s1. The lowest BCUT2D eigenvalue weighted by atomic mass is 9.74. The number of halogens is 2. The van der Waals surface area contributed by atoms with Crippen molar-refractivity contribution in [3.05, 3.63) is 87.3 Å². The van der Waals surface area contributed by atoms with Crippen LogP contribution in [-0.4, -0.2) is 77.1 Å². The molecular formula is C35H43F2N5O6. The van der Waals surface area contributed by atoms with Crippen molar-refractivity contribution >= 4 is 17.8 Å². The molecule has 2 amide bonds. The minimum absolute atomic E-state index is 0.0834. The first-order chi connectivity index (χ1) is 22.8. The van der Waals surface area contributed by atoms with Gasteiger partial charge in [0.2, 0.25) is 5.91 Å². The first-order valence-electron chi connectivity index (χ1n) is 16.1. The van der Waals surface area contributed by atoms with E-state index >= 15 is 4.39 Å². The van der Waals surface area contributed by atoms with Crippen molar-refractivity contribution in [1.82, 2.24) is 25.3 Å². The average Bonchev–Trinajstić information content (AvgIpc) is 3.49. The number of esters is 1. The lowest BCUT2D eigenvalue weighted by Crippen LogP contribution is -2.56. The molecule has 0 bridgehead atoms. The van der Waals surface area contributed by atoms with Crippen LogP contribution < -0.4 is 15.6 Å². The summed E-state index contributed by atoms with van der Waals surface area (Å²) >= 11 is 0. The van der Waals surface area contributed by atoms with Gasteiger partial charge in [0.05, 0.1) is 17.2 Å². The third-order valence-corrected chi connectivity index (χ3v) is 8.98. The monoisotopic (exact) mass is 667 g/mol. The van der Waals surface area contributed by atoms with Gasteiger partial charge in [-0.25, -0.2) is 13.9 Å². The van der Waals surface area contributed by atoms with Gasteiger partial charge in [-0.15, -0.1) is 0 Å². The molecule has 0 saturated carbocycles. The number of likely N-dealkylation sites (tertiary alicyclic amines) is 1. The molecule has 3 aromatic rings. The topological polar surface area (TPSA) is 134 Å². The van der Waals surface area contributed by atoms with Crippen LogP contribution in [0.3, 0.4) is 0 Å². The fraction of sp³-hybridized carbons (Fsp3) is 0.457. The molecule has 1 aliphatic rings. The maximum atomic E-state index is 15.0. The summed E-state index contributed by atoms with van der Waals surface area (Å²) < 4.78 is 40.6. The van der Waals surface area contributed by atoms with Crippen LogP contribution >= 0.6 is 0 Å². The van der Waals surface area contributed by atoms with E-state index in [1.54, 1.807) is 24.0 Å². The molecule has 2 aromatic carbocycles. The fourth-order valence-electron chi connectivity index (χ4n) is 6.28. The van der Waals surface area contributed by atoms with Gasteiger partial charge >= 0.3 is 11.5 Å². The number of rotatable bonds is 13. The summed E-state index contributed by atoms with van der Waals surface area (Å²) in [5.74, 6) is -3.40. The maximum absolute atomic E-state index is 15.0. The van der Waals surface area contributed by atoms with Gasteiger partial charge in [0, 0.05) is 24.2 Å². The summed E-state index contributed by atoms with van der Waals surface area (Å²) in [5, 5.41) is 8.66. The Balaban J connectivity index is 1.59. The zero-order chi connectivity index (χ0) is 35.2. The van der Waals surface area contributed by atoms with Crippen molar-refractivity contribution in [2.75, 3.05) is 27.2 Å². The number of hydrogen-bond acceptors (Lipinski definition) is 8. The van der Waals surface area contributed by atoms with E-state index in [2.05, 4.69) is 15.5 Å². The number of likely N-dealkylation sites (N-methyl/N-ethyl adjacent to an activating group) is 1. The maximum Gasteiger partial charge on any atom is 0.314 e. The largest absolute Gasteiger partial charge is 0.464 e. The molecule has 3 atom stereocenters. The Hall–Kier alpha value is -4.65. The lowest BCUT2D eigenvalue weighted by molar-refractivity contribution is -0.163. The van der Waals surface area contributed by atoms with Gasteiger partial charge in [-0.05, 0) is 89.5 Å². The van der Waals surface area contributed by atoms with Crippen molar-refractivity contribution < 1.29 is 32.6 Å². The highest BCUT2D eigenvalue weighted by Gasteiger charge is 2.53. The Morgan fingerprint density at radius 2 is 1.81 bits per heavy atom.